The molecule has 0 bridgehead atoms. The highest BCUT2D eigenvalue weighted by Crippen LogP contribution is 2.34. The molecule has 2 rings (SSSR count). The molecule has 1 aliphatic heterocycles. The topological polar surface area (TPSA) is 38.5 Å². The van der Waals surface area contributed by atoms with Crippen LogP contribution in [0.2, 0.25) is 0 Å². The molecule has 1 heterocycles. The molecule has 0 amide bonds. The van der Waals surface area contributed by atoms with Gasteiger partial charge in [-0.15, -0.1) is 0 Å². The van der Waals surface area contributed by atoms with Gasteiger partial charge in [0.05, 0.1) is 6.61 Å². The number of hydrogen-bond acceptors (Lipinski definition) is 3. The van der Waals surface area contributed by atoms with Crippen LogP contribution >= 0.6 is 0 Å². The Morgan fingerprint density at radius 2 is 2.11 bits per heavy atom. The molecule has 106 valence electrons. The number of nitrogens with two attached hydrogens (primary N) is 1. The maximum absolute atomic E-state index is 5.84. The lowest BCUT2D eigenvalue weighted by molar-refractivity contribution is 0.173. The van der Waals surface area contributed by atoms with E-state index < -0.39 is 0 Å². The summed E-state index contributed by atoms with van der Waals surface area (Å²) in [5, 5.41) is 0. The third-order valence-electron chi connectivity index (χ3n) is 3.93. The third kappa shape index (κ3) is 3.48. The minimum absolute atomic E-state index is 0.176. The molecule has 1 aromatic rings. The summed E-state index contributed by atoms with van der Waals surface area (Å²) < 4.78 is 5.76. The van der Waals surface area contributed by atoms with Crippen molar-refractivity contribution < 1.29 is 4.74 Å². The Kier molecular flexibility index (Phi) is 4.48. The Hall–Kier alpha value is -1.06. The van der Waals surface area contributed by atoms with Gasteiger partial charge in [-0.1, -0.05) is 39.0 Å². The van der Waals surface area contributed by atoms with Gasteiger partial charge in [-0.2, -0.15) is 0 Å². The summed E-state index contributed by atoms with van der Waals surface area (Å²) in [6.07, 6.45) is 0. The summed E-state index contributed by atoms with van der Waals surface area (Å²) in [6.45, 7) is 11.4. The van der Waals surface area contributed by atoms with E-state index in [2.05, 4.69) is 43.9 Å². The standard InChI is InChI=1S/C16H26N2O/c1-4-18(12-16(2,3)11-17)9-13-10-19-15-8-6-5-7-14(13)15/h5-8,13H,4,9-12,17H2,1-3H3. The normalized spacial score (nSPS) is 18.5. The number of nitrogens with zero attached hydrogens (tertiary/aromatic N) is 1. The van der Waals surface area contributed by atoms with Gasteiger partial charge in [0.2, 0.25) is 0 Å². The highest BCUT2D eigenvalue weighted by atomic mass is 16.5. The van der Waals surface area contributed by atoms with Gasteiger partial charge in [0.1, 0.15) is 5.75 Å². The highest BCUT2D eigenvalue weighted by Gasteiger charge is 2.27. The van der Waals surface area contributed by atoms with E-state index in [1.807, 2.05) is 6.07 Å². The van der Waals surface area contributed by atoms with Crippen LogP contribution in [0, 0.1) is 5.41 Å². The van der Waals surface area contributed by atoms with Gasteiger partial charge >= 0.3 is 0 Å². The first kappa shape index (κ1) is 14.4. The Morgan fingerprint density at radius 1 is 1.37 bits per heavy atom. The summed E-state index contributed by atoms with van der Waals surface area (Å²) in [6, 6.07) is 8.39. The number of para-hydroxylation sites is 1. The lowest BCUT2D eigenvalue weighted by atomic mass is 9.92. The third-order valence-corrected chi connectivity index (χ3v) is 3.93. The van der Waals surface area contributed by atoms with Crippen LogP contribution in [0.15, 0.2) is 24.3 Å². The molecular weight excluding hydrogens is 236 g/mol. The molecular formula is C16H26N2O. The lowest BCUT2D eigenvalue weighted by Crippen LogP contribution is -2.40. The van der Waals surface area contributed by atoms with Gasteiger partial charge < -0.3 is 15.4 Å². The maximum Gasteiger partial charge on any atom is 0.122 e. The van der Waals surface area contributed by atoms with E-state index in [0.29, 0.717) is 5.92 Å². The number of likely N-dealkylation sites (N-methyl/N-ethyl adjacent to an activating group) is 1. The van der Waals surface area contributed by atoms with Crippen molar-refractivity contribution in [1.29, 1.82) is 0 Å². The van der Waals surface area contributed by atoms with Crippen LogP contribution in [0.4, 0.5) is 0 Å². The van der Waals surface area contributed by atoms with Gasteiger partial charge in [-0.3, -0.25) is 0 Å². The largest absolute Gasteiger partial charge is 0.493 e. The average molecular weight is 262 g/mol. The molecule has 0 saturated carbocycles. The fourth-order valence-corrected chi connectivity index (χ4v) is 2.67. The second-order valence-electron chi connectivity index (χ2n) is 6.24. The number of fused-ring (bicyclic) bond motifs is 1. The van der Waals surface area contributed by atoms with Crippen LogP contribution in [0.1, 0.15) is 32.3 Å². The van der Waals surface area contributed by atoms with Crippen LogP contribution in [0.25, 0.3) is 0 Å². The zero-order valence-electron chi connectivity index (χ0n) is 12.4. The monoisotopic (exact) mass is 262 g/mol. The van der Waals surface area contributed by atoms with E-state index in [-0.39, 0.29) is 5.41 Å². The summed E-state index contributed by atoms with van der Waals surface area (Å²) in [7, 11) is 0. The van der Waals surface area contributed by atoms with Crippen molar-refractivity contribution in [1.82, 2.24) is 4.90 Å². The average Bonchev–Trinajstić information content (AvgIpc) is 2.81. The Balaban J connectivity index is 2.00. The molecule has 0 aliphatic carbocycles. The van der Waals surface area contributed by atoms with Gasteiger partial charge in [-0.05, 0) is 24.6 Å². The van der Waals surface area contributed by atoms with Crippen LogP contribution < -0.4 is 10.5 Å². The van der Waals surface area contributed by atoms with Crippen LogP contribution in [-0.2, 0) is 0 Å². The van der Waals surface area contributed by atoms with Gasteiger partial charge in [-0.25, -0.2) is 0 Å². The van der Waals surface area contributed by atoms with Crippen LogP contribution in [0.3, 0.4) is 0 Å². The van der Waals surface area contributed by atoms with Crippen molar-refractivity contribution in [2.75, 3.05) is 32.8 Å². The SMILES string of the molecule is CCN(CC1COc2ccccc21)CC(C)(C)CN. The number of hydrogen-bond donors (Lipinski definition) is 1. The van der Waals surface area contributed by atoms with E-state index in [4.69, 9.17) is 10.5 Å². The molecule has 3 nitrogen and oxygen atoms in total. The Bertz CT molecular complexity index is 417. The molecule has 3 heteroatoms. The van der Waals surface area contributed by atoms with Crippen LogP contribution in [-0.4, -0.2) is 37.7 Å². The fourth-order valence-electron chi connectivity index (χ4n) is 2.67. The van der Waals surface area contributed by atoms with E-state index >= 15 is 0 Å². The summed E-state index contributed by atoms with van der Waals surface area (Å²) >= 11 is 0. The predicted octanol–water partition coefficient (Wildman–Crippen LogP) is 2.47. The maximum atomic E-state index is 5.84. The molecule has 1 aliphatic rings. The highest BCUT2D eigenvalue weighted by molar-refractivity contribution is 5.39. The second kappa shape index (κ2) is 5.93. The van der Waals surface area contributed by atoms with Crippen molar-refractivity contribution in [3.63, 3.8) is 0 Å². The molecule has 0 aromatic heterocycles. The van der Waals surface area contributed by atoms with Crippen molar-refractivity contribution in [3.05, 3.63) is 29.8 Å². The summed E-state index contributed by atoms with van der Waals surface area (Å²) in [4.78, 5) is 2.49. The molecule has 0 radical (unpaired) electrons. The summed E-state index contributed by atoms with van der Waals surface area (Å²) in [5.41, 5.74) is 7.37. The molecule has 1 unspecified atom stereocenters. The molecule has 0 saturated heterocycles. The zero-order valence-corrected chi connectivity index (χ0v) is 12.4. The first-order chi connectivity index (χ1) is 9.05. The van der Waals surface area contributed by atoms with Gasteiger partial charge in [0, 0.05) is 24.6 Å². The van der Waals surface area contributed by atoms with E-state index in [0.717, 1.165) is 38.5 Å². The summed E-state index contributed by atoms with van der Waals surface area (Å²) in [5.74, 6) is 1.55. The van der Waals surface area contributed by atoms with Gasteiger partial charge in [0.15, 0.2) is 0 Å². The minimum Gasteiger partial charge on any atom is -0.493 e. The predicted molar refractivity (Wildman–Crippen MR) is 79.6 cm³/mol. The number of ether oxygens (including phenoxy) is 1. The fraction of sp³-hybridized carbons (Fsp3) is 0.625. The first-order valence-corrected chi connectivity index (χ1v) is 7.20. The number of benzene rings is 1. The van der Waals surface area contributed by atoms with E-state index in [9.17, 15) is 0 Å². The minimum atomic E-state index is 0.176. The van der Waals surface area contributed by atoms with Crippen LogP contribution in [0.5, 0.6) is 5.75 Å². The van der Waals surface area contributed by atoms with Crippen molar-refractivity contribution in [2.24, 2.45) is 11.1 Å². The molecule has 1 atom stereocenters. The van der Waals surface area contributed by atoms with Crippen molar-refractivity contribution in [2.45, 2.75) is 26.7 Å². The Labute approximate surface area is 116 Å². The Morgan fingerprint density at radius 3 is 2.79 bits per heavy atom. The van der Waals surface area contributed by atoms with Crippen molar-refractivity contribution in [3.8, 4) is 5.75 Å². The molecule has 0 spiro atoms. The lowest BCUT2D eigenvalue weighted by Gasteiger charge is -2.32. The van der Waals surface area contributed by atoms with Gasteiger partial charge in [0.25, 0.3) is 0 Å². The molecule has 1 aromatic carbocycles. The smallest absolute Gasteiger partial charge is 0.122 e. The van der Waals surface area contributed by atoms with E-state index in [1.165, 1.54) is 5.56 Å². The second-order valence-corrected chi connectivity index (χ2v) is 6.24. The number of rotatable bonds is 6. The molecule has 19 heavy (non-hydrogen) atoms. The molecule has 0 fully saturated rings. The zero-order chi connectivity index (χ0) is 13.9. The first-order valence-electron chi connectivity index (χ1n) is 7.20. The van der Waals surface area contributed by atoms with E-state index in [1.54, 1.807) is 0 Å². The molecule has 2 N–H and O–H groups in total. The van der Waals surface area contributed by atoms with Crippen molar-refractivity contribution >= 4 is 0 Å². The quantitative estimate of drug-likeness (QED) is 0.856.